The van der Waals surface area contributed by atoms with Crippen LogP contribution in [0.5, 0.6) is 0 Å². The van der Waals surface area contributed by atoms with Gasteiger partial charge in [0.25, 0.3) is 0 Å². The van der Waals surface area contributed by atoms with Crippen LogP contribution in [0.25, 0.3) is 0 Å². The van der Waals surface area contributed by atoms with Crippen LogP contribution in [0.15, 0.2) is 0 Å². The lowest BCUT2D eigenvalue weighted by molar-refractivity contribution is 0.0115. The summed E-state index contributed by atoms with van der Waals surface area (Å²) in [5.41, 5.74) is 0. The fourth-order valence-electron chi connectivity index (χ4n) is 2.82. The zero-order valence-corrected chi connectivity index (χ0v) is 9.84. The van der Waals surface area contributed by atoms with Gasteiger partial charge in [-0.1, -0.05) is 12.8 Å². The second-order valence-electron chi connectivity index (χ2n) is 5.13. The highest BCUT2D eigenvalue weighted by Crippen LogP contribution is 2.23. The van der Waals surface area contributed by atoms with E-state index in [0.717, 1.165) is 19.1 Å². The average molecular weight is 211 g/mol. The second kappa shape index (κ2) is 6.49. The van der Waals surface area contributed by atoms with Gasteiger partial charge in [-0.3, -0.25) is 0 Å². The molecule has 0 aromatic carbocycles. The Hall–Kier alpha value is -0.0800. The first-order chi connectivity index (χ1) is 7.45. The lowest BCUT2D eigenvalue weighted by atomic mass is 10.1. The van der Waals surface area contributed by atoms with E-state index in [1.165, 1.54) is 57.9 Å². The van der Waals surface area contributed by atoms with Crippen LogP contribution < -0.4 is 5.32 Å². The molecule has 1 atom stereocenters. The van der Waals surface area contributed by atoms with Gasteiger partial charge in [0.05, 0.1) is 6.10 Å². The molecule has 1 aliphatic heterocycles. The molecule has 88 valence electrons. The van der Waals surface area contributed by atoms with E-state index in [1.807, 2.05) is 0 Å². The largest absolute Gasteiger partial charge is 0.378 e. The lowest BCUT2D eigenvalue weighted by Crippen LogP contribution is -2.28. The van der Waals surface area contributed by atoms with Crippen molar-refractivity contribution in [1.82, 2.24) is 5.32 Å². The first-order valence-corrected chi connectivity index (χ1v) is 6.77. The van der Waals surface area contributed by atoms with E-state index >= 15 is 0 Å². The van der Waals surface area contributed by atoms with Crippen molar-refractivity contribution in [3.8, 4) is 0 Å². The minimum Gasteiger partial charge on any atom is -0.378 e. The van der Waals surface area contributed by atoms with Gasteiger partial charge in [0, 0.05) is 6.61 Å². The predicted molar refractivity (Wildman–Crippen MR) is 63.0 cm³/mol. The highest BCUT2D eigenvalue weighted by atomic mass is 16.5. The number of nitrogens with one attached hydrogen (secondary N) is 1. The van der Waals surface area contributed by atoms with E-state index in [1.54, 1.807) is 0 Å². The number of ether oxygens (including phenoxy) is 1. The quantitative estimate of drug-likeness (QED) is 0.706. The third-order valence-corrected chi connectivity index (χ3v) is 3.82. The van der Waals surface area contributed by atoms with Gasteiger partial charge < -0.3 is 10.1 Å². The lowest BCUT2D eigenvalue weighted by Gasteiger charge is -2.22. The predicted octanol–water partition coefficient (Wildman–Crippen LogP) is 2.73. The maximum atomic E-state index is 5.71. The molecule has 0 aromatic heterocycles. The fraction of sp³-hybridized carbons (Fsp3) is 1.00. The van der Waals surface area contributed by atoms with Crippen LogP contribution in [0, 0.1) is 5.92 Å². The molecule has 2 rings (SSSR count). The van der Waals surface area contributed by atoms with Crippen molar-refractivity contribution in [3.05, 3.63) is 0 Å². The summed E-state index contributed by atoms with van der Waals surface area (Å²) in [5.74, 6) is 0.970. The molecule has 2 aliphatic rings. The summed E-state index contributed by atoms with van der Waals surface area (Å²) in [6.07, 6.45) is 11.5. The van der Waals surface area contributed by atoms with E-state index in [0.29, 0.717) is 6.10 Å². The second-order valence-corrected chi connectivity index (χ2v) is 5.13. The van der Waals surface area contributed by atoms with Crippen LogP contribution in [0.3, 0.4) is 0 Å². The van der Waals surface area contributed by atoms with Crippen LogP contribution in [0.2, 0.25) is 0 Å². The van der Waals surface area contributed by atoms with Crippen molar-refractivity contribution in [2.75, 3.05) is 19.7 Å². The van der Waals surface area contributed by atoms with Crippen molar-refractivity contribution in [2.45, 2.75) is 57.5 Å². The van der Waals surface area contributed by atoms with E-state index < -0.39 is 0 Å². The van der Waals surface area contributed by atoms with Gasteiger partial charge in [-0.2, -0.15) is 0 Å². The zero-order chi connectivity index (χ0) is 10.3. The molecule has 1 saturated carbocycles. The Morgan fingerprint density at radius 1 is 1.00 bits per heavy atom. The molecule has 2 nitrogen and oxygen atoms in total. The Morgan fingerprint density at radius 3 is 2.53 bits per heavy atom. The summed E-state index contributed by atoms with van der Waals surface area (Å²) in [6, 6.07) is 0. The molecule has 1 N–H and O–H groups in total. The summed E-state index contributed by atoms with van der Waals surface area (Å²) in [4.78, 5) is 0. The summed E-state index contributed by atoms with van der Waals surface area (Å²) in [6.45, 7) is 3.39. The van der Waals surface area contributed by atoms with Gasteiger partial charge in [0.1, 0.15) is 0 Å². The standard InChI is InChI=1S/C13H25NO/c1-2-6-12(5-1)11-14-9-8-13-7-3-4-10-15-13/h12-14H,1-11H2. The molecule has 0 bridgehead atoms. The topological polar surface area (TPSA) is 21.3 Å². The van der Waals surface area contributed by atoms with Crippen LogP contribution in [0.4, 0.5) is 0 Å². The Morgan fingerprint density at radius 2 is 1.80 bits per heavy atom. The number of hydrogen-bond donors (Lipinski definition) is 1. The average Bonchev–Trinajstić information content (AvgIpc) is 2.79. The summed E-state index contributed by atoms with van der Waals surface area (Å²) < 4.78 is 5.71. The van der Waals surface area contributed by atoms with E-state index in [9.17, 15) is 0 Å². The van der Waals surface area contributed by atoms with E-state index in [2.05, 4.69) is 5.32 Å². The highest BCUT2D eigenvalue weighted by Gasteiger charge is 2.15. The van der Waals surface area contributed by atoms with Crippen LogP contribution in [-0.4, -0.2) is 25.8 Å². The smallest absolute Gasteiger partial charge is 0.0587 e. The molecule has 1 aliphatic carbocycles. The van der Waals surface area contributed by atoms with Gasteiger partial charge in [-0.05, 0) is 57.5 Å². The van der Waals surface area contributed by atoms with Gasteiger partial charge in [-0.25, -0.2) is 0 Å². The van der Waals surface area contributed by atoms with Crippen LogP contribution in [0.1, 0.15) is 51.4 Å². The molecule has 1 saturated heterocycles. The van der Waals surface area contributed by atoms with Crippen LogP contribution in [-0.2, 0) is 4.74 Å². The summed E-state index contributed by atoms with van der Waals surface area (Å²) in [7, 11) is 0. The molecule has 0 spiro atoms. The fourth-order valence-corrected chi connectivity index (χ4v) is 2.82. The first kappa shape index (κ1) is 11.4. The molecular formula is C13H25NO. The molecule has 2 fully saturated rings. The summed E-state index contributed by atoms with van der Waals surface area (Å²) >= 11 is 0. The minimum absolute atomic E-state index is 0.551. The Bertz CT molecular complexity index is 160. The van der Waals surface area contributed by atoms with Crippen molar-refractivity contribution in [2.24, 2.45) is 5.92 Å². The summed E-state index contributed by atoms with van der Waals surface area (Å²) in [5, 5.41) is 3.59. The van der Waals surface area contributed by atoms with E-state index in [4.69, 9.17) is 4.74 Å². The molecule has 0 aromatic rings. The van der Waals surface area contributed by atoms with Gasteiger partial charge >= 0.3 is 0 Å². The van der Waals surface area contributed by atoms with E-state index in [-0.39, 0.29) is 0 Å². The molecule has 1 heterocycles. The monoisotopic (exact) mass is 211 g/mol. The third-order valence-electron chi connectivity index (χ3n) is 3.82. The highest BCUT2D eigenvalue weighted by molar-refractivity contribution is 4.70. The van der Waals surface area contributed by atoms with Gasteiger partial charge in [0.15, 0.2) is 0 Å². The van der Waals surface area contributed by atoms with Crippen molar-refractivity contribution in [3.63, 3.8) is 0 Å². The molecule has 15 heavy (non-hydrogen) atoms. The Balaban J connectivity index is 1.47. The minimum atomic E-state index is 0.551. The molecule has 0 amide bonds. The normalized spacial score (nSPS) is 28.4. The molecular weight excluding hydrogens is 186 g/mol. The van der Waals surface area contributed by atoms with Crippen molar-refractivity contribution >= 4 is 0 Å². The Labute approximate surface area is 93.8 Å². The molecule has 2 heteroatoms. The molecule has 0 radical (unpaired) electrons. The first-order valence-electron chi connectivity index (χ1n) is 6.77. The van der Waals surface area contributed by atoms with Crippen molar-refractivity contribution < 1.29 is 4.74 Å². The maximum absolute atomic E-state index is 5.71. The molecule has 1 unspecified atom stereocenters. The number of hydrogen-bond acceptors (Lipinski definition) is 2. The van der Waals surface area contributed by atoms with Gasteiger partial charge in [-0.15, -0.1) is 0 Å². The number of rotatable bonds is 5. The van der Waals surface area contributed by atoms with Crippen molar-refractivity contribution in [1.29, 1.82) is 0 Å². The van der Waals surface area contributed by atoms with Crippen LogP contribution >= 0.6 is 0 Å². The SMILES string of the molecule is C1CCC(CCNCC2CCCC2)OC1. The maximum Gasteiger partial charge on any atom is 0.0587 e. The Kier molecular flexibility index (Phi) is 4.94. The van der Waals surface area contributed by atoms with Gasteiger partial charge in [0.2, 0.25) is 0 Å². The zero-order valence-electron chi connectivity index (χ0n) is 9.84. The third kappa shape index (κ3) is 4.12.